The zero-order valence-corrected chi connectivity index (χ0v) is 9.44. The molecule has 0 bridgehead atoms. The molecule has 0 aromatic heterocycles. The number of thioether (sulfide) groups is 1. The van der Waals surface area contributed by atoms with Gasteiger partial charge in [-0.2, -0.15) is 11.8 Å². The molecule has 0 spiro atoms. The maximum atomic E-state index is 8.68. The van der Waals surface area contributed by atoms with Gasteiger partial charge in [0.25, 0.3) is 0 Å². The standard InChI is InChI=1S/C10H21NOS/c1-8-9(11-2)4-5-10(8)13-7-3-6-12/h8-12H,3-7H2,1-2H3. The summed E-state index contributed by atoms with van der Waals surface area (Å²) in [5, 5.41) is 12.9. The molecule has 0 radical (unpaired) electrons. The lowest BCUT2D eigenvalue weighted by molar-refractivity contribution is 0.296. The molecule has 1 aliphatic rings. The van der Waals surface area contributed by atoms with Crippen molar-refractivity contribution in [2.45, 2.75) is 37.5 Å². The topological polar surface area (TPSA) is 32.3 Å². The zero-order valence-electron chi connectivity index (χ0n) is 8.62. The highest BCUT2D eigenvalue weighted by Gasteiger charge is 2.31. The molecular weight excluding hydrogens is 182 g/mol. The Balaban J connectivity index is 2.20. The predicted molar refractivity (Wildman–Crippen MR) is 59.2 cm³/mol. The van der Waals surface area contributed by atoms with Crippen molar-refractivity contribution in [1.82, 2.24) is 5.32 Å². The Morgan fingerprint density at radius 2 is 2.23 bits per heavy atom. The summed E-state index contributed by atoms with van der Waals surface area (Å²) in [6.45, 7) is 2.67. The molecule has 0 aromatic rings. The van der Waals surface area contributed by atoms with Crippen LogP contribution < -0.4 is 5.32 Å². The number of nitrogens with one attached hydrogen (secondary N) is 1. The van der Waals surface area contributed by atoms with E-state index in [9.17, 15) is 0 Å². The molecule has 3 heteroatoms. The lowest BCUT2D eigenvalue weighted by Gasteiger charge is -2.19. The van der Waals surface area contributed by atoms with Crippen molar-refractivity contribution in [3.8, 4) is 0 Å². The monoisotopic (exact) mass is 203 g/mol. The van der Waals surface area contributed by atoms with Gasteiger partial charge >= 0.3 is 0 Å². The van der Waals surface area contributed by atoms with Gasteiger partial charge in [-0.15, -0.1) is 0 Å². The van der Waals surface area contributed by atoms with Gasteiger partial charge in [-0.25, -0.2) is 0 Å². The van der Waals surface area contributed by atoms with Gasteiger partial charge in [-0.1, -0.05) is 6.92 Å². The van der Waals surface area contributed by atoms with Crippen molar-refractivity contribution in [3.63, 3.8) is 0 Å². The molecule has 1 saturated carbocycles. The van der Waals surface area contributed by atoms with Crippen LogP contribution in [0.25, 0.3) is 0 Å². The summed E-state index contributed by atoms with van der Waals surface area (Å²) in [7, 11) is 2.06. The molecule has 1 aliphatic carbocycles. The Labute approximate surface area is 85.5 Å². The van der Waals surface area contributed by atoms with Crippen LogP contribution in [0, 0.1) is 5.92 Å². The largest absolute Gasteiger partial charge is 0.396 e. The van der Waals surface area contributed by atoms with Crippen molar-refractivity contribution in [2.24, 2.45) is 5.92 Å². The molecule has 0 aliphatic heterocycles. The van der Waals surface area contributed by atoms with Crippen molar-refractivity contribution >= 4 is 11.8 Å². The molecule has 78 valence electrons. The van der Waals surface area contributed by atoms with Crippen LogP contribution in [0.15, 0.2) is 0 Å². The van der Waals surface area contributed by atoms with Gasteiger partial charge in [0.2, 0.25) is 0 Å². The minimum absolute atomic E-state index is 0.337. The van der Waals surface area contributed by atoms with E-state index in [1.165, 1.54) is 12.8 Å². The maximum Gasteiger partial charge on any atom is 0.0438 e. The molecule has 2 nitrogen and oxygen atoms in total. The van der Waals surface area contributed by atoms with Crippen LogP contribution in [0.3, 0.4) is 0 Å². The maximum absolute atomic E-state index is 8.68. The van der Waals surface area contributed by atoms with E-state index in [-0.39, 0.29) is 0 Å². The first-order chi connectivity index (χ1) is 6.29. The normalized spacial score (nSPS) is 33.9. The highest BCUT2D eigenvalue weighted by Crippen LogP contribution is 2.35. The second kappa shape index (κ2) is 5.89. The molecule has 0 saturated heterocycles. The fourth-order valence-electron chi connectivity index (χ4n) is 2.07. The van der Waals surface area contributed by atoms with Crippen LogP contribution in [-0.2, 0) is 0 Å². The Bertz CT molecular complexity index is 143. The van der Waals surface area contributed by atoms with E-state index in [4.69, 9.17) is 5.11 Å². The molecular formula is C10H21NOS. The molecule has 0 aromatic carbocycles. The zero-order chi connectivity index (χ0) is 9.68. The first kappa shape index (κ1) is 11.3. The third-order valence-corrected chi connectivity index (χ3v) is 4.61. The highest BCUT2D eigenvalue weighted by atomic mass is 32.2. The van der Waals surface area contributed by atoms with Gasteiger partial charge in [0.15, 0.2) is 0 Å². The summed E-state index contributed by atoms with van der Waals surface area (Å²) in [6, 6.07) is 0.714. The minimum Gasteiger partial charge on any atom is -0.396 e. The minimum atomic E-state index is 0.337. The Hall–Kier alpha value is 0.270. The third-order valence-electron chi connectivity index (χ3n) is 2.99. The van der Waals surface area contributed by atoms with Gasteiger partial charge in [0.05, 0.1) is 0 Å². The van der Waals surface area contributed by atoms with Crippen LogP contribution in [0.1, 0.15) is 26.2 Å². The number of aliphatic hydroxyl groups is 1. The highest BCUT2D eigenvalue weighted by molar-refractivity contribution is 7.99. The molecule has 1 rings (SSSR count). The van der Waals surface area contributed by atoms with Gasteiger partial charge in [-0.3, -0.25) is 0 Å². The van der Waals surface area contributed by atoms with Crippen LogP contribution >= 0.6 is 11.8 Å². The van der Waals surface area contributed by atoms with Crippen molar-refractivity contribution in [3.05, 3.63) is 0 Å². The average Bonchev–Trinajstić information content (AvgIpc) is 2.48. The number of aliphatic hydroxyl groups excluding tert-OH is 1. The second-order valence-electron chi connectivity index (χ2n) is 3.82. The summed E-state index contributed by atoms with van der Waals surface area (Å²) >= 11 is 2.04. The van der Waals surface area contributed by atoms with Crippen molar-refractivity contribution in [1.29, 1.82) is 0 Å². The second-order valence-corrected chi connectivity index (χ2v) is 5.17. The van der Waals surface area contributed by atoms with Crippen molar-refractivity contribution in [2.75, 3.05) is 19.4 Å². The Morgan fingerprint density at radius 3 is 2.77 bits per heavy atom. The average molecular weight is 203 g/mol. The molecule has 3 atom stereocenters. The number of rotatable bonds is 5. The van der Waals surface area contributed by atoms with Crippen LogP contribution in [0.5, 0.6) is 0 Å². The fourth-order valence-corrected chi connectivity index (χ4v) is 3.46. The van der Waals surface area contributed by atoms with Crippen LogP contribution in [0.4, 0.5) is 0 Å². The summed E-state index contributed by atoms with van der Waals surface area (Å²) in [6.07, 6.45) is 3.59. The Morgan fingerprint density at radius 1 is 1.46 bits per heavy atom. The molecule has 2 N–H and O–H groups in total. The van der Waals surface area contributed by atoms with Crippen molar-refractivity contribution < 1.29 is 5.11 Å². The fraction of sp³-hybridized carbons (Fsp3) is 1.00. The summed E-state index contributed by atoms with van der Waals surface area (Å²) in [5.41, 5.74) is 0. The number of hydrogen-bond donors (Lipinski definition) is 2. The summed E-state index contributed by atoms with van der Waals surface area (Å²) < 4.78 is 0. The SMILES string of the molecule is CNC1CCC(SCCCO)C1C. The quantitative estimate of drug-likeness (QED) is 0.664. The predicted octanol–water partition coefficient (Wildman–Crippen LogP) is 1.49. The molecule has 1 fully saturated rings. The van der Waals surface area contributed by atoms with E-state index < -0.39 is 0 Å². The van der Waals surface area contributed by atoms with E-state index in [1.54, 1.807) is 0 Å². The van der Waals surface area contributed by atoms with Crippen LogP contribution in [0.2, 0.25) is 0 Å². The van der Waals surface area contributed by atoms with Crippen LogP contribution in [-0.4, -0.2) is 35.8 Å². The molecule has 0 amide bonds. The molecule has 3 unspecified atom stereocenters. The van der Waals surface area contributed by atoms with E-state index in [2.05, 4.69) is 19.3 Å². The summed E-state index contributed by atoms with van der Waals surface area (Å²) in [5.74, 6) is 1.90. The van der Waals surface area contributed by atoms with Gasteiger partial charge in [0, 0.05) is 17.9 Å². The smallest absolute Gasteiger partial charge is 0.0438 e. The van der Waals surface area contributed by atoms with Gasteiger partial charge < -0.3 is 10.4 Å². The van der Waals surface area contributed by atoms with Gasteiger partial charge in [0.1, 0.15) is 0 Å². The van der Waals surface area contributed by atoms with Gasteiger partial charge in [-0.05, 0) is 38.0 Å². The van der Waals surface area contributed by atoms with E-state index >= 15 is 0 Å². The summed E-state index contributed by atoms with van der Waals surface area (Å²) in [4.78, 5) is 0. The lowest BCUT2D eigenvalue weighted by atomic mass is 10.1. The van der Waals surface area contributed by atoms with E-state index in [0.29, 0.717) is 12.6 Å². The third kappa shape index (κ3) is 3.15. The molecule has 13 heavy (non-hydrogen) atoms. The van der Waals surface area contributed by atoms with E-state index in [0.717, 1.165) is 23.3 Å². The lowest BCUT2D eigenvalue weighted by Crippen LogP contribution is -2.30. The first-order valence-electron chi connectivity index (χ1n) is 5.19. The first-order valence-corrected chi connectivity index (χ1v) is 6.24. The number of hydrogen-bond acceptors (Lipinski definition) is 3. The Kier molecular flexibility index (Phi) is 5.14. The molecule has 0 heterocycles. The van der Waals surface area contributed by atoms with E-state index in [1.807, 2.05) is 11.8 Å².